The fourth-order valence-electron chi connectivity index (χ4n) is 7.37. The molecule has 0 spiro atoms. The molecule has 0 amide bonds. The van der Waals surface area contributed by atoms with E-state index in [1.165, 1.54) is 102 Å². The highest BCUT2D eigenvalue weighted by molar-refractivity contribution is 6.28. The van der Waals surface area contributed by atoms with Crippen molar-refractivity contribution in [3.05, 3.63) is 72.4 Å². The van der Waals surface area contributed by atoms with E-state index >= 15 is 0 Å². The first-order valence-corrected chi connectivity index (χ1v) is 14.6. The smallest absolute Gasteiger partial charge is 0.164 e. The average Bonchev–Trinajstić information content (AvgIpc) is 3.34. The molecular formula is C34H32N4. The van der Waals surface area contributed by atoms with Gasteiger partial charge in [0.2, 0.25) is 0 Å². The first kappa shape index (κ1) is 22.3. The lowest BCUT2D eigenvalue weighted by atomic mass is 9.87. The zero-order valence-electron chi connectivity index (χ0n) is 21.8. The van der Waals surface area contributed by atoms with Gasteiger partial charge < -0.3 is 0 Å². The van der Waals surface area contributed by atoms with Crippen LogP contribution in [0, 0.1) is 0 Å². The summed E-state index contributed by atoms with van der Waals surface area (Å²) in [5, 5.41) is 4.96. The number of rotatable bonds is 3. The second-order valence-electron chi connectivity index (χ2n) is 11.5. The maximum atomic E-state index is 5.31. The lowest BCUT2D eigenvalue weighted by Gasteiger charge is -2.24. The van der Waals surface area contributed by atoms with Crippen molar-refractivity contribution >= 4 is 21.5 Å². The zero-order chi connectivity index (χ0) is 25.1. The van der Waals surface area contributed by atoms with E-state index in [0.29, 0.717) is 11.8 Å². The molecule has 2 saturated carbocycles. The standard InChI is InChI=1S/C34H32N4/c1-3-11-21(12-4-1)32-36-33(22-13-5-2-6-14-22)38-34(37-32)29-23-15-7-8-16-24(23)30-28-25(17-9-18-27(28)29)26-19-10-20-35-31(26)30/h7-10,15-22H,1-6,11-14H2. The zero-order valence-corrected chi connectivity index (χ0v) is 21.8. The molecular weight excluding hydrogens is 464 g/mol. The maximum Gasteiger partial charge on any atom is 0.164 e. The van der Waals surface area contributed by atoms with E-state index in [1.54, 1.807) is 0 Å². The Kier molecular flexibility index (Phi) is 5.27. The average molecular weight is 497 g/mol. The minimum atomic E-state index is 0.448. The van der Waals surface area contributed by atoms with Gasteiger partial charge in [-0.3, -0.25) is 4.98 Å². The Hall–Kier alpha value is -3.66. The SMILES string of the molecule is c1cnc2c(c1)-c1cccc3c(-c4nc(C5CCCCC5)nc(C5CCCCC5)n4)c4ccccc4c-2c13. The second kappa shape index (κ2) is 8.97. The van der Waals surface area contributed by atoms with E-state index in [0.717, 1.165) is 28.7 Å². The summed E-state index contributed by atoms with van der Waals surface area (Å²) >= 11 is 0. The Labute approximate surface area is 223 Å². The Morgan fingerprint density at radius 1 is 0.526 bits per heavy atom. The van der Waals surface area contributed by atoms with Crippen LogP contribution in [0.1, 0.15) is 87.7 Å². The monoisotopic (exact) mass is 496 g/mol. The fourth-order valence-corrected chi connectivity index (χ4v) is 7.37. The summed E-state index contributed by atoms with van der Waals surface area (Å²) < 4.78 is 0. The first-order chi connectivity index (χ1) is 18.9. The van der Waals surface area contributed by atoms with E-state index in [-0.39, 0.29) is 0 Å². The largest absolute Gasteiger partial charge is 0.256 e. The molecule has 0 atom stereocenters. The van der Waals surface area contributed by atoms with Gasteiger partial charge in [0.25, 0.3) is 0 Å². The summed E-state index contributed by atoms with van der Waals surface area (Å²) in [5.74, 6) is 3.83. The van der Waals surface area contributed by atoms with Crippen LogP contribution in [0.3, 0.4) is 0 Å². The molecule has 2 heterocycles. The van der Waals surface area contributed by atoms with E-state index in [2.05, 4.69) is 48.5 Å². The summed E-state index contributed by atoms with van der Waals surface area (Å²) in [5.41, 5.74) is 5.98. The van der Waals surface area contributed by atoms with Crippen molar-refractivity contribution in [3.63, 3.8) is 0 Å². The molecule has 0 N–H and O–H groups in total. The third-order valence-corrected chi connectivity index (χ3v) is 9.22. The van der Waals surface area contributed by atoms with Crippen LogP contribution >= 0.6 is 0 Å². The highest BCUT2D eigenvalue weighted by atomic mass is 15.0. The predicted octanol–water partition coefficient (Wildman–Crippen LogP) is 8.98. The van der Waals surface area contributed by atoms with Crippen LogP contribution in [0.25, 0.3) is 55.3 Å². The van der Waals surface area contributed by atoms with Gasteiger partial charge in [-0.05, 0) is 53.5 Å². The minimum absolute atomic E-state index is 0.448. The molecule has 4 nitrogen and oxygen atoms in total. The normalized spacial score (nSPS) is 17.8. The molecule has 5 aromatic rings. The third-order valence-electron chi connectivity index (χ3n) is 9.22. The summed E-state index contributed by atoms with van der Waals surface area (Å²) in [6.07, 6.45) is 14.5. The van der Waals surface area contributed by atoms with Gasteiger partial charge >= 0.3 is 0 Å². The quantitative estimate of drug-likeness (QED) is 0.229. The fraction of sp³-hybridized carbons (Fsp3) is 0.353. The Morgan fingerprint density at radius 3 is 1.82 bits per heavy atom. The Balaban J connectivity index is 1.43. The molecule has 2 aromatic heterocycles. The summed E-state index contributed by atoms with van der Waals surface area (Å²) in [6, 6.07) is 19.7. The van der Waals surface area contributed by atoms with E-state index in [9.17, 15) is 0 Å². The van der Waals surface area contributed by atoms with Gasteiger partial charge in [0.05, 0.1) is 5.69 Å². The third kappa shape index (κ3) is 3.42. The van der Waals surface area contributed by atoms with Crippen LogP contribution < -0.4 is 0 Å². The lowest BCUT2D eigenvalue weighted by Crippen LogP contribution is -2.16. The number of fused-ring (bicyclic) bond motifs is 5. The molecule has 0 aliphatic heterocycles. The Morgan fingerprint density at radius 2 is 1.13 bits per heavy atom. The molecule has 8 rings (SSSR count). The molecule has 3 aliphatic rings. The highest BCUT2D eigenvalue weighted by Gasteiger charge is 2.30. The summed E-state index contributed by atoms with van der Waals surface area (Å²) in [4.78, 5) is 20.7. The van der Waals surface area contributed by atoms with Crippen molar-refractivity contribution < 1.29 is 0 Å². The second-order valence-corrected chi connectivity index (χ2v) is 11.5. The molecule has 0 bridgehead atoms. The van der Waals surface area contributed by atoms with Crippen LogP contribution in [0.5, 0.6) is 0 Å². The number of hydrogen-bond donors (Lipinski definition) is 0. The van der Waals surface area contributed by atoms with Gasteiger partial charge in [-0.15, -0.1) is 0 Å². The number of nitrogens with zero attached hydrogens (tertiary/aromatic N) is 4. The van der Waals surface area contributed by atoms with Crippen molar-refractivity contribution in [2.75, 3.05) is 0 Å². The number of benzene rings is 3. The predicted molar refractivity (Wildman–Crippen MR) is 154 cm³/mol. The summed E-state index contributed by atoms with van der Waals surface area (Å²) in [6.45, 7) is 0. The number of pyridine rings is 1. The topological polar surface area (TPSA) is 51.6 Å². The molecule has 4 heteroatoms. The first-order valence-electron chi connectivity index (χ1n) is 14.6. The maximum absolute atomic E-state index is 5.31. The van der Waals surface area contributed by atoms with Crippen molar-refractivity contribution in [3.8, 4) is 33.8 Å². The molecule has 3 aliphatic carbocycles. The van der Waals surface area contributed by atoms with Gasteiger partial charge in [-0.1, -0.05) is 87.1 Å². The van der Waals surface area contributed by atoms with Crippen molar-refractivity contribution in [1.82, 2.24) is 19.9 Å². The number of hydrogen-bond acceptors (Lipinski definition) is 4. The Bertz CT molecular complexity index is 1660. The van der Waals surface area contributed by atoms with Gasteiger partial charge in [-0.25, -0.2) is 15.0 Å². The van der Waals surface area contributed by atoms with E-state index < -0.39 is 0 Å². The van der Waals surface area contributed by atoms with Gasteiger partial charge in [-0.2, -0.15) is 0 Å². The van der Waals surface area contributed by atoms with E-state index in [1.807, 2.05) is 12.3 Å². The molecule has 0 radical (unpaired) electrons. The molecule has 188 valence electrons. The highest BCUT2D eigenvalue weighted by Crippen LogP contribution is 2.52. The van der Waals surface area contributed by atoms with Crippen LogP contribution in [-0.2, 0) is 0 Å². The van der Waals surface area contributed by atoms with Gasteiger partial charge in [0.15, 0.2) is 5.82 Å². The van der Waals surface area contributed by atoms with Crippen LogP contribution in [-0.4, -0.2) is 19.9 Å². The van der Waals surface area contributed by atoms with Crippen LogP contribution in [0.15, 0.2) is 60.8 Å². The van der Waals surface area contributed by atoms with Crippen molar-refractivity contribution in [1.29, 1.82) is 0 Å². The van der Waals surface area contributed by atoms with Crippen LogP contribution in [0.4, 0.5) is 0 Å². The van der Waals surface area contributed by atoms with E-state index in [4.69, 9.17) is 19.9 Å². The van der Waals surface area contributed by atoms with Crippen LogP contribution in [0.2, 0.25) is 0 Å². The summed E-state index contributed by atoms with van der Waals surface area (Å²) in [7, 11) is 0. The molecule has 0 unspecified atom stereocenters. The minimum Gasteiger partial charge on any atom is -0.256 e. The molecule has 3 aromatic carbocycles. The number of aromatic nitrogens is 4. The molecule has 2 fully saturated rings. The van der Waals surface area contributed by atoms with Crippen molar-refractivity contribution in [2.24, 2.45) is 0 Å². The van der Waals surface area contributed by atoms with Crippen molar-refractivity contribution in [2.45, 2.75) is 76.0 Å². The van der Waals surface area contributed by atoms with Gasteiger partial charge in [0.1, 0.15) is 11.6 Å². The lowest BCUT2D eigenvalue weighted by molar-refractivity contribution is 0.409. The molecule has 38 heavy (non-hydrogen) atoms. The van der Waals surface area contributed by atoms with Gasteiger partial charge in [0, 0.05) is 40.1 Å². The molecule has 0 saturated heterocycles.